The lowest BCUT2D eigenvalue weighted by atomic mass is 10.1. The molecule has 23 heavy (non-hydrogen) atoms. The lowest BCUT2D eigenvalue weighted by Gasteiger charge is -2.12. The molecule has 2 aromatic carbocycles. The molecule has 0 saturated heterocycles. The third kappa shape index (κ3) is 2.06. The van der Waals surface area contributed by atoms with Gasteiger partial charge in [-0.3, -0.25) is 9.10 Å². The number of nitrogens with zero attached hydrogens (tertiary/aromatic N) is 1. The van der Waals surface area contributed by atoms with Crippen molar-refractivity contribution in [2.45, 2.75) is 11.3 Å². The number of rotatable bonds is 2. The number of carbonyl (C=O) groups is 1. The zero-order chi connectivity index (χ0) is 16.0. The molecule has 0 aliphatic carbocycles. The number of sulfonamides is 1. The molecule has 4 rings (SSSR count). The summed E-state index contributed by atoms with van der Waals surface area (Å²) in [6.45, 7) is 0.309. The highest BCUT2D eigenvalue weighted by molar-refractivity contribution is 7.90. The van der Waals surface area contributed by atoms with E-state index < -0.39 is 10.0 Å². The van der Waals surface area contributed by atoms with Gasteiger partial charge in [0.2, 0.25) is 0 Å². The van der Waals surface area contributed by atoms with E-state index in [0.29, 0.717) is 35.5 Å². The number of fused-ring (bicyclic) bond motifs is 3. The molecule has 1 N–H and O–H groups in total. The quantitative estimate of drug-likeness (QED) is 0.922. The Labute approximate surface area is 134 Å². The van der Waals surface area contributed by atoms with Crippen molar-refractivity contribution in [3.8, 4) is 0 Å². The van der Waals surface area contributed by atoms with Crippen LogP contribution in [0, 0.1) is 0 Å². The van der Waals surface area contributed by atoms with Crippen LogP contribution in [-0.2, 0) is 14.8 Å². The van der Waals surface area contributed by atoms with Crippen molar-refractivity contribution in [1.29, 1.82) is 0 Å². The number of amides is 1. The minimum Gasteiger partial charge on any atom is -0.322 e. The highest BCUT2D eigenvalue weighted by atomic mass is 32.2. The Morgan fingerprint density at radius 2 is 1.70 bits per heavy atom. The first kappa shape index (κ1) is 14.0. The SMILES string of the molecule is O=C(Nc1ccccc1)C1=C2c3ccccc3S(=O)(=O)N2CC1. The predicted octanol–water partition coefficient (Wildman–Crippen LogP) is 2.44. The summed E-state index contributed by atoms with van der Waals surface area (Å²) in [5.74, 6) is -0.249. The summed E-state index contributed by atoms with van der Waals surface area (Å²) in [5.41, 5.74) is 2.35. The number of para-hydroxylation sites is 1. The van der Waals surface area contributed by atoms with Crippen molar-refractivity contribution in [2.24, 2.45) is 0 Å². The third-order valence-electron chi connectivity index (χ3n) is 4.12. The van der Waals surface area contributed by atoms with Crippen molar-refractivity contribution in [3.63, 3.8) is 0 Å². The fourth-order valence-corrected chi connectivity index (χ4v) is 4.80. The Kier molecular flexibility index (Phi) is 3.02. The van der Waals surface area contributed by atoms with Crippen molar-refractivity contribution in [3.05, 3.63) is 65.7 Å². The zero-order valence-corrected chi connectivity index (χ0v) is 13.0. The topological polar surface area (TPSA) is 66.5 Å². The van der Waals surface area contributed by atoms with Crippen LogP contribution in [0.1, 0.15) is 12.0 Å². The molecule has 2 aromatic rings. The van der Waals surface area contributed by atoms with Crippen molar-refractivity contribution in [2.75, 3.05) is 11.9 Å². The van der Waals surface area contributed by atoms with Gasteiger partial charge in [-0.25, -0.2) is 8.42 Å². The fourth-order valence-electron chi connectivity index (χ4n) is 3.09. The molecule has 5 nitrogen and oxygen atoms in total. The van der Waals surface area contributed by atoms with Crippen LogP contribution < -0.4 is 5.32 Å². The van der Waals surface area contributed by atoms with E-state index in [4.69, 9.17) is 0 Å². The first-order chi connectivity index (χ1) is 11.1. The van der Waals surface area contributed by atoms with Crippen LogP contribution in [0.25, 0.3) is 5.70 Å². The van der Waals surface area contributed by atoms with Crippen LogP contribution in [0.5, 0.6) is 0 Å². The highest BCUT2D eigenvalue weighted by Gasteiger charge is 2.43. The standard InChI is InChI=1S/C17H14N2O3S/c20-17(18-12-6-2-1-3-7-12)14-10-11-19-16(14)13-8-4-5-9-15(13)23(19,21)22/h1-9H,10-11H2,(H,18,20). The van der Waals surface area contributed by atoms with E-state index in [1.54, 1.807) is 36.4 Å². The van der Waals surface area contributed by atoms with Gasteiger partial charge in [-0.1, -0.05) is 36.4 Å². The van der Waals surface area contributed by atoms with Gasteiger partial charge in [0.25, 0.3) is 15.9 Å². The molecule has 116 valence electrons. The van der Waals surface area contributed by atoms with Crippen molar-refractivity contribution in [1.82, 2.24) is 4.31 Å². The Hall–Kier alpha value is -2.60. The summed E-state index contributed by atoms with van der Waals surface area (Å²) < 4.78 is 26.4. The van der Waals surface area contributed by atoms with Gasteiger partial charge in [-0.15, -0.1) is 0 Å². The van der Waals surface area contributed by atoms with Gasteiger partial charge in [0, 0.05) is 23.4 Å². The van der Waals surface area contributed by atoms with E-state index in [1.807, 2.05) is 18.2 Å². The summed E-state index contributed by atoms with van der Waals surface area (Å²) in [7, 11) is -3.53. The van der Waals surface area contributed by atoms with E-state index in [9.17, 15) is 13.2 Å². The number of hydrogen-bond acceptors (Lipinski definition) is 3. The average Bonchev–Trinajstić information content (AvgIpc) is 3.09. The molecule has 0 atom stereocenters. The largest absolute Gasteiger partial charge is 0.322 e. The molecule has 0 bridgehead atoms. The fraction of sp³-hybridized carbons (Fsp3) is 0.118. The monoisotopic (exact) mass is 326 g/mol. The number of carbonyl (C=O) groups excluding carboxylic acids is 1. The van der Waals surface area contributed by atoms with Crippen LogP contribution in [-0.4, -0.2) is 25.2 Å². The molecule has 6 heteroatoms. The summed E-state index contributed by atoms with van der Waals surface area (Å²) in [5, 5.41) is 2.84. The van der Waals surface area contributed by atoms with E-state index >= 15 is 0 Å². The van der Waals surface area contributed by atoms with Gasteiger partial charge in [0.1, 0.15) is 0 Å². The summed E-state index contributed by atoms with van der Waals surface area (Å²) in [4.78, 5) is 12.9. The summed E-state index contributed by atoms with van der Waals surface area (Å²) >= 11 is 0. The second-order valence-electron chi connectivity index (χ2n) is 5.47. The summed E-state index contributed by atoms with van der Waals surface area (Å²) in [6, 6.07) is 16.0. The second kappa shape index (κ2) is 4.96. The maximum absolute atomic E-state index is 12.6. The molecule has 0 unspecified atom stereocenters. The van der Waals surface area contributed by atoms with Crippen molar-refractivity contribution < 1.29 is 13.2 Å². The number of anilines is 1. The first-order valence-electron chi connectivity index (χ1n) is 7.31. The summed E-state index contributed by atoms with van der Waals surface area (Å²) in [6.07, 6.45) is 0.418. The Morgan fingerprint density at radius 1 is 1.00 bits per heavy atom. The minimum absolute atomic E-state index is 0.249. The van der Waals surface area contributed by atoms with Gasteiger partial charge in [0.15, 0.2) is 0 Å². The lowest BCUT2D eigenvalue weighted by Crippen LogP contribution is -2.21. The van der Waals surface area contributed by atoms with Crippen molar-refractivity contribution >= 4 is 27.3 Å². The van der Waals surface area contributed by atoms with Crippen LogP contribution in [0.15, 0.2) is 65.1 Å². The van der Waals surface area contributed by atoms with Crippen LogP contribution in [0.3, 0.4) is 0 Å². The molecule has 0 fully saturated rings. The lowest BCUT2D eigenvalue weighted by molar-refractivity contribution is -0.112. The van der Waals surface area contributed by atoms with Crippen LogP contribution in [0.2, 0.25) is 0 Å². The van der Waals surface area contributed by atoms with E-state index in [2.05, 4.69) is 5.32 Å². The van der Waals surface area contributed by atoms with Gasteiger partial charge >= 0.3 is 0 Å². The zero-order valence-electron chi connectivity index (χ0n) is 12.2. The number of nitrogens with one attached hydrogen (secondary N) is 1. The van der Waals surface area contributed by atoms with Gasteiger partial charge in [-0.2, -0.15) is 0 Å². The third-order valence-corrected chi connectivity index (χ3v) is 5.97. The Bertz CT molecular complexity index is 933. The normalized spacial score (nSPS) is 17.8. The molecule has 0 spiro atoms. The molecular weight excluding hydrogens is 312 g/mol. The maximum Gasteiger partial charge on any atom is 0.265 e. The second-order valence-corrected chi connectivity index (χ2v) is 7.30. The Morgan fingerprint density at radius 3 is 2.48 bits per heavy atom. The number of hydrogen-bond donors (Lipinski definition) is 1. The Balaban J connectivity index is 1.79. The molecule has 1 amide bonds. The molecular formula is C17H14N2O3S. The first-order valence-corrected chi connectivity index (χ1v) is 8.75. The molecule has 2 aliphatic rings. The molecule has 0 radical (unpaired) electrons. The smallest absolute Gasteiger partial charge is 0.265 e. The minimum atomic E-state index is -3.53. The van der Waals surface area contributed by atoms with E-state index in [0.717, 1.165) is 0 Å². The van der Waals surface area contributed by atoms with E-state index in [1.165, 1.54) is 4.31 Å². The molecule has 2 aliphatic heterocycles. The van der Waals surface area contributed by atoms with Gasteiger partial charge < -0.3 is 5.32 Å². The molecule has 0 saturated carbocycles. The van der Waals surface area contributed by atoms with Gasteiger partial charge in [-0.05, 0) is 24.6 Å². The highest BCUT2D eigenvalue weighted by Crippen LogP contribution is 2.44. The molecule has 2 heterocycles. The predicted molar refractivity (Wildman–Crippen MR) is 86.9 cm³/mol. The van der Waals surface area contributed by atoms with Crippen LogP contribution in [0.4, 0.5) is 5.69 Å². The average molecular weight is 326 g/mol. The maximum atomic E-state index is 12.6. The number of benzene rings is 2. The van der Waals surface area contributed by atoms with Crippen LogP contribution >= 0.6 is 0 Å². The van der Waals surface area contributed by atoms with E-state index in [-0.39, 0.29) is 10.8 Å². The van der Waals surface area contributed by atoms with Gasteiger partial charge in [0.05, 0.1) is 10.6 Å². The molecule has 0 aromatic heterocycles.